The summed E-state index contributed by atoms with van der Waals surface area (Å²) in [5.41, 5.74) is 0.891. The van der Waals surface area contributed by atoms with Gasteiger partial charge in [0.2, 0.25) is 0 Å². The van der Waals surface area contributed by atoms with Crippen molar-refractivity contribution in [2.45, 2.75) is 44.7 Å². The summed E-state index contributed by atoms with van der Waals surface area (Å²) in [6, 6.07) is 5.29. The van der Waals surface area contributed by atoms with Crippen molar-refractivity contribution in [3.63, 3.8) is 0 Å². The van der Waals surface area contributed by atoms with Crippen LogP contribution in [-0.2, 0) is 0 Å². The fourth-order valence-electron chi connectivity index (χ4n) is 2.33. The summed E-state index contributed by atoms with van der Waals surface area (Å²) in [5, 5.41) is 12.6. The number of hydrogen-bond donors (Lipinski definition) is 2. The van der Waals surface area contributed by atoms with Crippen LogP contribution >= 0.6 is 0 Å². The number of rotatable bonds is 3. The number of nitrogens with one attached hydrogen (secondary N) is 1. The van der Waals surface area contributed by atoms with Crippen LogP contribution in [0.3, 0.4) is 0 Å². The molecule has 1 aromatic rings. The predicted molar refractivity (Wildman–Crippen MR) is 61.9 cm³/mol. The van der Waals surface area contributed by atoms with Crippen molar-refractivity contribution >= 4 is 0 Å². The molecule has 1 unspecified atom stereocenters. The van der Waals surface area contributed by atoms with E-state index in [4.69, 9.17) is 5.11 Å². The molecule has 0 radical (unpaired) electrons. The van der Waals surface area contributed by atoms with E-state index in [1.165, 1.54) is 37.8 Å². The van der Waals surface area contributed by atoms with Crippen LogP contribution in [-0.4, -0.2) is 11.1 Å². The summed E-state index contributed by atoms with van der Waals surface area (Å²) < 4.78 is 13.2. The molecule has 0 bridgehead atoms. The van der Waals surface area contributed by atoms with Gasteiger partial charge >= 0.3 is 0 Å². The molecular weight excluding hydrogens is 205 g/mol. The maximum atomic E-state index is 13.2. The molecule has 2 nitrogen and oxygen atoms in total. The SMILES string of the molecule is CC(NC1CCCC1)c1ccc(O)c(F)c1. The molecule has 0 aliphatic heterocycles. The first kappa shape index (κ1) is 11.4. The lowest BCUT2D eigenvalue weighted by Gasteiger charge is -2.19. The Balaban J connectivity index is 2.02. The Kier molecular flexibility index (Phi) is 3.44. The van der Waals surface area contributed by atoms with Gasteiger partial charge in [0.05, 0.1) is 0 Å². The van der Waals surface area contributed by atoms with Crippen LogP contribution in [0.4, 0.5) is 4.39 Å². The zero-order chi connectivity index (χ0) is 11.5. The van der Waals surface area contributed by atoms with Crippen LogP contribution < -0.4 is 5.32 Å². The summed E-state index contributed by atoms with van der Waals surface area (Å²) in [5.74, 6) is -0.825. The second-order valence-corrected chi connectivity index (χ2v) is 4.58. The van der Waals surface area contributed by atoms with Crippen molar-refractivity contribution in [2.75, 3.05) is 0 Å². The molecule has 2 rings (SSSR count). The fraction of sp³-hybridized carbons (Fsp3) is 0.538. The highest BCUT2D eigenvalue weighted by atomic mass is 19.1. The zero-order valence-electron chi connectivity index (χ0n) is 9.54. The highest BCUT2D eigenvalue weighted by Crippen LogP contribution is 2.24. The number of phenolic OH excluding ortho intramolecular Hbond substituents is 1. The molecule has 1 saturated carbocycles. The van der Waals surface area contributed by atoms with E-state index in [1.54, 1.807) is 6.07 Å². The summed E-state index contributed by atoms with van der Waals surface area (Å²) in [7, 11) is 0. The summed E-state index contributed by atoms with van der Waals surface area (Å²) in [4.78, 5) is 0. The van der Waals surface area contributed by atoms with E-state index >= 15 is 0 Å². The fourth-order valence-corrected chi connectivity index (χ4v) is 2.33. The molecule has 0 aromatic heterocycles. The first-order valence-electron chi connectivity index (χ1n) is 5.91. The molecule has 1 aliphatic rings. The van der Waals surface area contributed by atoms with Crippen molar-refractivity contribution in [1.82, 2.24) is 5.32 Å². The number of halogens is 1. The molecule has 2 N–H and O–H groups in total. The lowest BCUT2D eigenvalue weighted by atomic mass is 10.1. The standard InChI is InChI=1S/C13H18FNO/c1-9(15-11-4-2-3-5-11)10-6-7-13(16)12(14)8-10/h6-9,11,15-16H,2-5H2,1H3. The second kappa shape index (κ2) is 4.83. The topological polar surface area (TPSA) is 32.3 Å². The first-order valence-corrected chi connectivity index (χ1v) is 5.91. The maximum Gasteiger partial charge on any atom is 0.165 e. The second-order valence-electron chi connectivity index (χ2n) is 4.58. The highest BCUT2D eigenvalue weighted by Gasteiger charge is 2.18. The molecule has 1 fully saturated rings. The molecule has 0 saturated heterocycles. The van der Waals surface area contributed by atoms with E-state index < -0.39 is 5.82 Å². The molecule has 0 heterocycles. The van der Waals surface area contributed by atoms with E-state index in [9.17, 15) is 4.39 Å². The number of phenols is 1. The Morgan fingerprint density at radius 1 is 1.38 bits per heavy atom. The minimum Gasteiger partial charge on any atom is -0.505 e. The molecule has 3 heteroatoms. The van der Waals surface area contributed by atoms with Crippen LogP contribution in [0, 0.1) is 5.82 Å². The van der Waals surface area contributed by atoms with Gasteiger partial charge in [-0.1, -0.05) is 18.9 Å². The van der Waals surface area contributed by atoms with Gasteiger partial charge in [0.15, 0.2) is 11.6 Å². The van der Waals surface area contributed by atoms with Crippen molar-refractivity contribution in [3.8, 4) is 5.75 Å². The average molecular weight is 223 g/mol. The van der Waals surface area contributed by atoms with E-state index in [0.29, 0.717) is 6.04 Å². The Morgan fingerprint density at radius 2 is 2.06 bits per heavy atom. The van der Waals surface area contributed by atoms with Crippen molar-refractivity contribution < 1.29 is 9.50 Å². The third kappa shape index (κ3) is 2.53. The maximum absolute atomic E-state index is 13.2. The van der Waals surface area contributed by atoms with Crippen LogP contribution in [0.15, 0.2) is 18.2 Å². The van der Waals surface area contributed by atoms with E-state index in [0.717, 1.165) is 5.56 Å². The van der Waals surface area contributed by atoms with Crippen LogP contribution in [0.2, 0.25) is 0 Å². The normalized spacial score (nSPS) is 18.9. The average Bonchev–Trinajstić information content (AvgIpc) is 2.74. The van der Waals surface area contributed by atoms with Gasteiger partial charge in [0, 0.05) is 12.1 Å². The van der Waals surface area contributed by atoms with Gasteiger partial charge in [0.1, 0.15) is 0 Å². The molecule has 88 valence electrons. The van der Waals surface area contributed by atoms with Crippen molar-refractivity contribution in [2.24, 2.45) is 0 Å². The van der Waals surface area contributed by atoms with Gasteiger partial charge in [-0.05, 0) is 37.5 Å². The van der Waals surface area contributed by atoms with Gasteiger partial charge in [-0.25, -0.2) is 4.39 Å². The molecule has 1 atom stereocenters. The smallest absolute Gasteiger partial charge is 0.165 e. The largest absolute Gasteiger partial charge is 0.505 e. The van der Waals surface area contributed by atoms with Gasteiger partial charge in [0.25, 0.3) is 0 Å². The Morgan fingerprint density at radius 3 is 2.69 bits per heavy atom. The lowest BCUT2D eigenvalue weighted by molar-refractivity contribution is 0.427. The lowest BCUT2D eigenvalue weighted by Crippen LogP contribution is -2.28. The number of hydrogen-bond acceptors (Lipinski definition) is 2. The highest BCUT2D eigenvalue weighted by molar-refractivity contribution is 5.29. The first-order chi connectivity index (χ1) is 7.66. The predicted octanol–water partition coefficient (Wildman–Crippen LogP) is 3.12. The quantitative estimate of drug-likeness (QED) is 0.825. The van der Waals surface area contributed by atoms with Gasteiger partial charge in [-0.3, -0.25) is 0 Å². The third-order valence-corrected chi connectivity index (χ3v) is 3.31. The van der Waals surface area contributed by atoms with Gasteiger partial charge < -0.3 is 10.4 Å². The van der Waals surface area contributed by atoms with Gasteiger partial charge in [-0.2, -0.15) is 0 Å². The minimum atomic E-state index is -0.544. The van der Waals surface area contributed by atoms with Gasteiger partial charge in [-0.15, -0.1) is 0 Å². The molecular formula is C13H18FNO. The molecule has 0 amide bonds. The van der Waals surface area contributed by atoms with Crippen LogP contribution in [0.1, 0.15) is 44.2 Å². The van der Waals surface area contributed by atoms with Crippen molar-refractivity contribution in [3.05, 3.63) is 29.6 Å². The minimum absolute atomic E-state index is 0.137. The summed E-state index contributed by atoms with van der Waals surface area (Å²) in [6.07, 6.45) is 5.00. The molecule has 1 aromatic carbocycles. The Labute approximate surface area is 95.5 Å². The molecule has 1 aliphatic carbocycles. The van der Waals surface area contributed by atoms with E-state index in [-0.39, 0.29) is 11.8 Å². The Hall–Kier alpha value is -1.09. The monoisotopic (exact) mass is 223 g/mol. The van der Waals surface area contributed by atoms with Crippen molar-refractivity contribution in [1.29, 1.82) is 0 Å². The van der Waals surface area contributed by atoms with Crippen LogP contribution in [0.25, 0.3) is 0 Å². The van der Waals surface area contributed by atoms with Crippen LogP contribution in [0.5, 0.6) is 5.75 Å². The Bertz CT molecular complexity index is 361. The number of benzene rings is 1. The summed E-state index contributed by atoms with van der Waals surface area (Å²) >= 11 is 0. The number of aromatic hydroxyl groups is 1. The van der Waals surface area contributed by atoms with E-state index in [1.807, 2.05) is 6.92 Å². The van der Waals surface area contributed by atoms with E-state index in [2.05, 4.69) is 5.32 Å². The third-order valence-electron chi connectivity index (χ3n) is 3.31. The molecule has 16 heavy (non-hydrogen) atoms. The molecule has 0 spiro atoms. The zero-order valence-corrected chi connectivity index (χ0v) is 9.54. The summed E-state index contributed by atoms with van der Waals surface area (Å²) in [6.45, 7) is 2.03.